The van der Waals surface area contributed by atoms with Gasteiger partial charge < -0.3 is 15.0 Å². The van der Waals surface area contributed by atoms with Gasteiger partial charge in [0.25, 0.3) is 5.91 Å². The molecule has 0 radical (unpaired) electrons. The van der Waals surface area contributed by atoms with Gasteiger partial charge in [0.15, 0.2) is 6.61 Å². The van der Waals surface area contributed by atoms with E-state index in [1.807, 2.05) is 36.2 Å². The second kappa shape index (κ2) is 5.40. The van der Waals surface area contributed by atoms with Gasteiger partial charge in [-0.3, -0.25) is 4.79 Å². The third kappa shape index (κ3) is 2.48. The van der Waals surface area contributed by atoms with Crippen LogP contribution in [0.25, 0.3) is 0 Å². The molecular weight excluding hydrogens is 228 g/mol. The smallest absolute Gasteiger partial charge is 0.265 e. The number of likely N-dealkylation sites (N-methyl/N-ethyl adjacent to an activating group) is 1. The Balaban J connectivity index is 2.24. The van der Waals surface area contributed by atoms with Gasteiger partial charge in [0.05, 0.1) is 5.69 Å². The van der Waals surface area contributed by atoms with E-state index in [0.29, 0.717) is 12.5 Å². The fourth-order valence-corrected chi connectivity index (χ4v) is 2.19. The van der Waals surface area contributed by atoms with Crippen molar-refractivity contribution in [3.63, 3.8) is 0 Å². The number of ether oxygens (including phenoxy) is 1. The fourth-order valence-electron chi connectivity index (χ4n) is 2.19. The Morgan fingerprint density at radius 3 is 2.78 bits per heavy atom. The molecule has 1 aliphatic heterocycles. The Bertz CT molecular complexity index is 432. The summed E-state index contributed by atoms with van der Waals surface area (Å²) < 4.78 is 5.43. The number of hydrogen-bond donors (Lipinski definition) is 1. The average molecular weight is 248 g/mol. The van der Waals surface area contributed by atoms with Crippen molar-refractivity contribution in [3.05, 3.63) is 24.3 Å². The van der Waals surface area contributed by atoms with Crippen molar-refractivity contribution in [2.75, 3.05) is 25.1 Å². The summed E-state index contributed by atoms with van der Waals surface area (Å²) in [4.78, 5) is 13.8. The number of hydrogen-bond acceptors (Lipinski definition) is 3. The van der Waals surface area contributed by atoms with E-state index in [-0.39, 0.29) is 18.6 Å². The van der Waals surface area contributed by atoms with Gasteiger partial charge in [0.2, 0.25) is 0 Å². The molecule has 1 unspecified atom stereocenters. The third-order valence-electron chi connectivity index (χ3n) is 3.36. The fraction of sp³-hybridized carbons (Fsp3) is 0.500. The Kier molecular flexibility index (Phi) is 3.87. The predicted octanol–water partition coefficient (Wildman–Crippen LogP) is 1.66. The molecule has 0 spiro atoms. The van der Waals surface area contributed by atoms with Crippen LogP contribution in [0.3, 0.4) is 0 Å². The number of amides is 1. The maximum atomic E-state index is 12.0. The van der Waals surface area contributed by atoms with Crippen molar-refractivity contribution in [1.29, 1.82) is 0 Å². The molecule has 1 heterocycles. The summed E-state index contributed by atoms with van der Waals surface area (Å²) in [5, 5.41) is 3.27. The SMILES string of the molecule is CNC(CN1C(=O)COc2ccccc21)C(C)C. The zero-order valence-electron chi connectivity index (χ0n) is 11.1. The molecule has 2 rings (SSSR count). The lowest BCUT2D eigenvalue weighted by atomic mass is 10.0. The number of nitrogens with one attached hydrogen (secondary N) is 1. The van der Waals surface area contributed by atoms with Crippen LogP contribution in [0, 0.1) is 5.92 Å². The minimum Gasteiger partial charge on any atom is -0.482 e. The van der Waals surface area contributed by atoms with Crippen LogP contribution in [0.4, 0.5) is 5.69 Å². The molecule has 1 amide bonds. The van der Waals surface area contributed by atoms with Crippen molar-refractivity contribution in [2.45, 2.75) is 19.9 Å². The number of anilines is 1. The van der Waals surface area contributed by atoms with Gasteiger partial charge in [0.1, 0.15) is 5.75 Å². The molecule has 18 heavy (non-hydrogen) atoms. The highest BCUT2D eigenvalue weighted by atomic mass is 16.5. The first kappa shape index (κ1) is 12.9. The molecule has 0 aliphatic carbocycles. The number of carbonyl (C=O) groups is 1. The van der Waals surface area contributed by atoms with E-state index in [0.717, 1.165) is 11.4 Å². The molecular formula is C14H20N2O2. The lowest BCUT2D eigenvalue weighted by molar-refractivity contribution is -0.121. The van der Waals surface area contributed by atoms with Gasteiger partial charge in [-0.05, 0) is 25.1 Å². The summed E-state index contributed by atoms with van der Waals surface area (Å²) in [6, 6.07) is 7.96. The van der Waals surface area contributed by atoms with Gasteiger partial charge >= 0.3 is 0 Å². The number of nitrogens with zero attached hydrogens (tertiary/aromatic N) is 1. The van der Waals surface area contributed by atoms with Crippen molar-refractivity contribution in [3.8, 4) is 5.75 Å². The summed E-state index contributed by atoms with van der Waals surface area (Å²) in [7, 11) is 1.93. The number of benzene rings is 1. The van der Waals surface area contributed by atoms with E-state index in [1.54, 1.807) is 0 Å². The van der Waals surface area contributed by atoms with Gasteiger partial charge in [-0.1, -0.05) is 26.0 Å². The molecule has 4 heteroatoms. The number of rotatable bonds is 4. The van der Waals surface area contributed by atoms with Crippen LogP contribution in [-0.2, 0) is 4.79 Å². The van der Waals surface area contributed by atoms with Crippen molar-refractivity contribution < 1.29 is 9.53 Å². The van der Waals surface area contributed by atoms with Crippen LogP contribution in [-0.4, -0.2) is 32.1 Å². The third-order valence-corrected chi connectivity index (χ3v) is 3.36. The molecule has 0 saturated carbocycles. The van der Waals surface area contributed by atoms with Crippen LogP contribution in [0.1, 0.15) is 13.8 Å². The topological polar surface area (TPSA) is 41.6 Å². The van der Waals surface area contributed by atoms with Gasteiger partial charge in [-0.2, -0.15) is 0 Å². The van der Waals surface area contributed by atoms with E-state index in [4.69, 9.17) is 4.74 Å². The van der Waals surface area contributed by atoms with E-state index < -0.39 is 0 Å². The zero-order valence-corrected chi connectivity index (χ0v) is 11.1. The average Bonchev–Trinajstić information content (AvgIpc) is 2.37. The van der Waals surface area contributed by atoms with Gasteiger partial charge in [-0.25, -0.2) is 0 Å². The van der Waals surface area contributed by atoms with E-state index in [2.05, 4.69) is 19.2 Å². The highest BCUT2D eigenvalue weighted by Gasteiger charge is 2.27. The molecule has 1 aromatic carbocycles. The number of carbonyl (C=O) groups excluding carboxylic acids is 1. The summed E-state index contributed by atoms with van der Waals surface area (Å²) in [6.07, 6.45) is 0. The molecule has 1 aromatic rings. The molecule has 1 aliphatic rings. The first-order valence-corrected chi connectivity index (χ1v) is 6.33. The summed E-state index contributed by atoms with van der Waals surface area (Å²) in [5.74, 6) is 1.28. The summed E-state index contributed by atoms with van der Waals surface area (Å²) in [5.41, 5.74) is 0.870. The molecule has 1 atom stereocenters. The lowest BCUT2D eigenvalue weighted by Gasteiger charge is -2.33. The molecule has 0 fully saturated rings. The van der Waals surface area contributed by atoms with Crippen LogP contribution >= 0.6 is 0 Å². The maximum Gasteiger partial charge on any atom is 0.265 e. The van der Waals surface area contributed by atoms with Crippen LogP contribution < -0.4 is 15.0 Å². The van der Waals surface area contributed by atoms with Crippen LogP contribution in [0.2, 0.25) is 0 Å². The Labute approximate surface area is 108 Å². The van der Waals surface area contributed by atoms with Crippen molar-refractivity contribution in [2.24, 2.45) is 5.92 Å². The predicted molar refractivity (Wildman–Crippen MR) is 72.0 cm³/mol. The molecule has 98 valence electrons. The standard InChI is InChI=1S/C14H20N2O2/c1-10(2)11(15-3)8-16-12-6-4-5-7-13(12)18-9-14(16)17/h4-7,10-11,15H,8-9H2,1-3H3. The monoisotopic (exact) mass is 248 g/mol. The molecule has 0 saturated heterocycles. The zero-order chi connectivity index (χ0) is 13.1. The van der Waals surface area contributed by atoms with E-state index in [9.17, 15) is 4.79 Å². The Morgan fingerprint density at radius 1 is 1.39 bits per heavy atom. The maximum absolute atomic E-state index is 12.0. The molecule has 0 bridgehead atoms. The van der Waals surface area contributed by atoms with E-state index in [1.165, 1.54) is 0 Å². The second-order valence-corrected chi connectivity index (χ2v) is 4.90. The van der Waals surface area contributed by atoms with Crippen molar-refractivity contribution in [1.82, 2.24) is 5.32 Å². The second-order valence-electron chi connectivity index (χ2n) is 4.90. The van der Waals surface area contributed by atoms with Crippen LogP contribution in [0.15, 0.2) is 24.3 Å². The van der Waals surface area contributed by atoms with Gasteiger partial charge in [-0.15, -0.1) is 0 Å². The summed E-state index contributed by atoms with van der Waals surface area (Å²) in [6.45, 7) is 5.11. The quantitative estimate of drug-likeness (QED) is 0.881. The first-order chi connectivity index (χ1) is 8.63. The lowest BCUT2D eigenvalue weighted by Crippen LogP contribution is -2.48. The molecule has 4 nitrogen and oxygen atoms in total. The Morgan fingerprint density at radius 2 is 2.11 bits per heavy atom. The van der Waals surface area contributed by atoms with E-state index >= 15 is 0 Å². The highest BCUT2D eigenvalue weighted by molar-refractivity contribution is 5.97. The highest BCUT2D eigenvalue weighted by Crippen LogP contribution is 2.31. The number of para-hydroxylation sites is 2. The minimum atomic E-state index is 0.0228. The normalized spacial score (nSPS) is 16.4. The van der Waals surface area contributed by atoms with Crippen LogP contribution in [0.5, 0.6) is 5.75 Å². The van der Waals surface area contributed by atoms with Crippen molar-refractivity contribution >= 4 is 11.6 Å². The Hall–Kier alpha value is -1.55. The summed E-state index contributed by atoms with van der Waals surface area (Å²) >= 11 is 0. The first-order valence-electron chi connectivity index (χ1n) is 6.33. The van der Waals surface area contributed by atoms with Gasteiger partial charge in [0, 0.05) is 12.6 Å². The number of fused-ring (bicyclic) bond motifs is 1. The molecule has 1 N–H and O–H groups in total. The largest absolute Gasteiger partial charge is 0.482 e. The molecule has 0 aromatic heterocycles. The minimum absolute atomic E-state index is 0.0228.